The molecule has 5 rings (SSSR count). The normalized spacial score (nSPS) is 13.9. The zero-order valence-electron chi connectivity index (χ0n) is 14.3. The van der Waals surface area contributed by atoms with E-state index in [4.69, 9.17) is 0 Å². The fraction of sp³-hybridized carbons (Fsp3) is 0. The Kier molecular flexibility index (Phi) is 3.37. The first-order chi connectivity index (χ1) is 13.2. The highest BCUT2D eigenvalue weighted by molar-refractivity contribution is 6.22. The third-order valence-electron chi connectivity index (χ3n) is 4.89. The molecule has 0 N–H and O–H groups in total. The lowest BCUT2D eigenvalue weighted by atomic mass is 9.97. The standard InChI is InChI=1S/C23H14N2O2/c26-22-19-11-5-6-12-20(19)23(27)25(22)24-14-21-17-9-3-1-7-15(17)13-16-8-2-4-10-18(16)21/h1-14H/b24-14+. The summed E-state index contributed by atoms with van der Waals surface area (Å²) >= 11 is 0. The van der Waals surface area contributed by atoms with Crippen molar-refractivity contribution in [3.8, 4) is 0 Å². The van der Waals surface area contributed by atoms with Crippen LogP contribution in [0.3, 0.4) is 0 Å². The van der Waals surface area contributed by atoms with Gasteiger partial charge in [-0.1, -0.05) is 60.7 Å². The van der Waals surface area contributed by atoms with E-state index in [9.17, 15) is 9.59 Å². The van der Waals surface area contributed by atoms with Crippen molar-refractivity contribution in [1.82, 2.24) is 5.01 Å². The molecule has 1 aliphatic heterocycles. The van der Waals surface area contributed by atoms with Crippen LogP contribution in [-0.4, -0.2) is 23.0 Å². The number of hydrazone groups is 1. The van der Waals surface area contributed by atoms with Crippen LogP contribution in [0.4, 0.5) is 0 Å². The van der Waals surface area contributed by atoms with Gasteiger partial charge in [-0.05, 0) is 39.7 Å². The van der Waals surface area contributed by atoms with Crippen LogP contribution in [0, 0.1) is 0 Å². The predicted octanol–water partition coefficient (Wildman–Crippen LogP) is 4.62. The quantitative estimate of drug-likeness (QED) is 0.301. The lowest BCUT2D eigenvalue weighted by Crippen LogP contribution is -2.24. The van der Waals surface area contributed by atoms with Gasteiger partial charge in [0.1, 0.15) is 0 Å². The smallest absolute Gasteiger partial charge is 0.267 e. The highest BCUT2D eigenvalue weighted by Crippen LogP contribution is 2.28. The van der Waals surface area contributed by atoms with Crippen LogP contribution in [0.15, 0.2) is 84.0 Å². The highest BCUT2D eigenvalue weighted by atomic mass is 16.2. The second-order valence-corrected chi connectivity index (χ2v) is 6.44. The summed E-state index contributed by atoms with van der Waals surface area (Å²) in [5.74, 6) is -0.784. The second kappa shape index (κ2) is 5.88. The molecule has 4 nitrogen and oxygen atoms in total. The molecule has 0 saturated heterocycles. The molecule has 0 atom stereocenters. The molecule has 1 heterocycles. The zero-order valence-corrected chi connectivity index (χ0v) is 14.3. The van der Waals surface area contributed by atoms with Crippen LogP contribution in [0.1, 0.15) is 26.3 Å². The summed E-state index contributed by atoms with van der Waals surface area (Å²) in [5, 5.41) is 9.44. The first-order valence-electron chi connectivity index (χ1n) is 8.66. The van der Waals surface area contributed by atoms with Crippen molar-refractivity contribution in [3.05, 3.63) is 95.6 Å². The van der Waals surface area contributed by atoms with Crippen molar-refractivity contribution in [3.63, 3.8) is 0 Å². The van der Waals surface area contributed by atoms with Crippen molar-refractivity contribution in [2.24, 2.45) is 5.10 Å². The minimum atomic E-state index is -0.392. The highest BCUT2D eigenvalue weighted by Gasteiger charge is 2.35. The Labute approximate surface area is 155 Å². The molecule has 0 radical (unpaired) electrons. The van der Waals surface area contributed by atoms with E-state index in [-0.39, 0.29) is 0 Å². The van der Waals surface area contributed by atoms with Crippen molar-refractivity contribution in [2.45, 2.75) is 0 Å². The first kappa shape index (κ1) is 15.5. The maximum atomic E-state index is 12.5. The summed E-state index contributed by atoms with van der Waals surface area (Å²) in [4.78, 5) is 25.1. The summed E-state index contributed by atoms with van der Waals surface area (Å²) < 4.78 is 0. The average Bonchev–Trinajstić information content (AvgIpc) is 2.96. The Hall–Kier alpha value is -3.79. The van der Waals surface area contributed by atoms with E-state index in [0.29, 0.717) is 11.1 Å². The van der Waals surface area contributed by atoms with E-state index < -0.39 is 11.8 Å². The number of hydrogen-bond acceptors (Lipinski definition) is 3. The van der Waals surface area contributed by atoms with Gasteiger partial charge in [-0.3, -0.25) is 9.59 Å². The van der Waals surface area contributed by atoms with Crippen LogP contribution in [0.25, 0.3) is 21.5 Å². The van der Waals surface area contributed by atoms with Crippen molar-refractivity contribution < 1.29 is 9.59 Å². The summed E-state index contributed by atoms with van der Waals surface area (Å²) in [6.07, 6.45) is 1.62. The van der Waals surface area contributed by atoms with E-state index in [1.165, 1.54) is 0 Å². The third-order valence-corrected chi connectivity index (χ3v) is 4.89. The number of hydrogen-bond donors (Lipinski definition) is 0. The number of amides is 2. The number of nitrogens with zero attached hydrogens (tertiary/aromatic N) is 2. The van der Waals surface area contributed by atoms with E-state index in [1.807, 2.05) is 48.5 Å². The summed E-state index contributed by atoms with van der Waals surface area (Å²) in [6.45, 7) is 0. The molecule has 0 unspecified atom stereocenters. The van der Waals surface area contributed by atoms with Gasteiger partial charge in [0, 0.05) is 5.56 Å². The number of fused-ring (bicyclic) bond motifs is 3. The molecule has 4 heteroatoms. The Bertz CT molecular complexity index is 1180. The number of imide groups is 1. The predicted molar refractivity (Wildman–Crippen MR) is 106 cm³/mol. The lowest BCUT2D eigenvalue weighted by molar-refractivity contribution is 0.0660. The van der Waals surface area contributed by atoms with E-state index in [2.05, 4.69) is 11.2 Å². The van der Waals surface area contributed by atoms with E-state index in [1.54, 1.807) is 30.5 Å². The molecule has 128 valence electrons. The summed E-state index contributed by atoms with van der Waals surface area (Å²) in [7, 11) is 0. The fourth-order valence-corrected chi connectivity index (χ4v) is 3.58. The zero-order chi connectivity index (χ0) is 18.4. The minimum Gasteiger partial charge on any atom is -0.267 e. The van der Waals surface area contributed by atoms with Gasteiger partial charge in [-0.25, -0.2) is 0 Å². The van der Waals surface area contributed by atoms with E-state index >= 15 is 0 Å². The maximum Gasteiger partial charge on any atom is 0.282 e. The number of benzene rings is 4. The van der Waals surface area contributed by atoms with Gasteiger partial charge in [0.2, 0.25) is 0 Å². The van der Waals surface area contributed by atoms with Gasteiger partial charge in [0.25, 0.3) is 11.8 Å². The topological polar surface area (TPSA) is 49.7 Å². The minimum absolute atomic E-state index is 0.391. The lowest BCUT2D eigenvalue weighted by Gasteiger charge is -2.10. The van der Waals surface area contributed by atoms with Gasteiger partial charge in [-0.15, -0.1) is 0 Å². The summed E-state index contributed by atoms with van der Waals surface area (Å²) in [6, 6.07) is 25.0. The maximum absolute atomic E-state index is 12.5. The number of rotatable bonds is 2. The Morgan fingerprint density at radius 2 is 1.15 bits per heavy atom. The van der Waals surface area contributed by atoms with Gasteiger partial charge in [0.05, 0.1) is 17.3 Å². The fourth-order valence-electron chi connectivity index (χ4n) is 3.58. The number of carbonyl (C=O) groups excluding carboxylic acids is 2. The SMILES string of the molecule is O=C1c2ccccc2C(=O)N1/N=C/c1c2ccccc2cc2ccccc12. The van der Waals surface area contributed by atoms with Gasteiger partial charge in [-0.2, -0.15) is 10.1 Å². The molecular weight excluding hydrogens is 336 g/mol. The summed E-state index contributed by atoms with van der Waals surface area (Å²) in [5.41, 5.74) is 1.67. The molecular formula is C23H14N2O2. The molecule has 0 aromatic heterocycles. The largest absolute Gasteiger partial charge is 0.282 e. The molecule has 2 amide bonds. The molecule has 0 bridgehead atoms. The van der Waals surface area contributed by atoms with Crippen LogP contribution in [-0.2, 0) is 0 Å². The molecule has 4 aromatic rings. The third kappa shape index (κ3) is 2.34. The molecule has 4 aromatic carbocycles. The van der Waals surface area contributed by atoms with Gasteiger partial charge in [0.15, 0.2) is 0 Å². The van der Waals surface area contributed by atoms with Crippen LogP contribution in [0.2, 0.25) is 0 Å². The molecule has 1 aliphatic rings. The Balaban J connectivity index is 1.66. The number of carbonyl (C=O) groups is 2. The van der Waals surface area contributed by atoms with Gasteiger partial charge >= 0.3 is 0 Å². The molecule has 0 fully saturated rings. The molecule has 0 spiro atoms. The van der Waals surface area contributed by atoms with Crippen LogP contribution >= 0.6 is 0 Å². The van der Waals surface area contributed by atoms with Crippen LogP contribution in [0.5, 0.6) is 0 Å². The molecule has 0 saturated carbocycles. The second-order valence-electron chi connectivity index (χ2n) is 6.44. The van der Waals surface area contributed by atoms with Crippen molar-refractivity contribution >= 4 is 39.6 Å². The van der Waals surface area contributed by atoms with Crippen LogP contribution < -0.4 is 0 Å². The Morgan fingerprint density at radius 1 is 0.667 bits per heavy atom. The first-order valence-corrected chi connectivity index (χ1v) is 8.66. The average molecular weight is 350 g/mol. The van der Waals surface area contributed by atoms with Crippen molar-refractivity contribution in [2.75, 3.05) is 0 Å². The monoisotopic (exact) mass is 350 g/mol. The van der Waals surface area contributed by atoms with E-state index in [0.717, 1.165) is 32.1 Å². The van der Waals surface area contributed by atoms with Crippen molar-refractivity contribution in [1.29, 1.82) is 0 Å². The molecule has 0 aliphatic carbocycles. The molecule has 27 heavy (non-hydrogen) atoms. The van der Waals surface area contributed by atoms with Gasteiger partial charge < -0.3 is 0 Å². The Morgan fingerprint density at radius 3 is 1.70 bits per heavy atom.